The molecule has 0 aliphatic rings. The molecule has 0 saturated carbocycles. The molecule has 0 aliphatic heterocycles. The van der Waals surface area contributed by atoms with Gasteiger partial charge in [0.05, 0.1) is 0 Å². The predicted molar refractivity (Wildman–Crippen MR) is 66.2 cm³/mol. The average molecular weight is 391 g/mol. The van der Waals surface area contributed by atoms with Crippen LogP contribution in [-0.4, -0.2) is 16.2 Å². The Bertz CT molecular complexity index is 301. The molecule has 0 saturated heterocycles. The van der Waals surface area contributed by atoms with Crippen LogP contribution in [0, 0.1) is 0 Å². The lowest BCUT2D eigenvalue weighted by atomic mass is 10.4. The quantitative estimate of drug-likeness (QED) is 0.712. The summed E-state index contributed by atoms with van der Waals surface area (Å²) in [7, 11) is 0. The smallest absolute Gasteiger partial charge is 0.181 e. The maximum Gasteiger partial charge on any atom is 0.181 e. The van der Waals surface area contributed by atoms with Crippen LogP contribution in [0.5, 0.6) is 0 Å². The lowest BCUT2D eigenvalue weighted by Gasteiger charge is -2.06. The van der Waals surface area contributed by atoms with Gasteiger partial charge in [-0.3, -0.25) is 4.57 Å². The van der Waals surface area contributed by atoms with Crippen LogP contribution in [0.3, 0.4) is 0 Å². The van der Waals surface area contributed by atoms with Gasteiger partial charge in [0.15, 0.2) is 4.73 Å². The van der Waals surface area contributed by atoms with Crippen molar-refractivity contribution in [2.75, 3.05) is 6.61 Å². The van der Waals surface area contributed by atoms with Gasteiger partial charge in [0.25, 0.3) is 0 Å². The van der Waals surface area contributed by atoms with Crippen LogP contribution in [0.2, 0.25) is 0 Å². The van der Waals surface area contributed by atoms with Gasteiger partial charge in [-0.1, -0.05) is 13.3 Å². The first kappa shape index (κ1) is 12.7. The summed E-state index contributed by atoms with van der Waals surface area (Å²) in [6.07, 6.45) is 2.24. The summed E-state index contributed by atoms with van der Waals surface area (Å²) in [6, 6.07) is 0. The van der Waals surface area contributed by atoms with Crippen molar-refractivity contribution in [2.45, 2.75) is 26.5 Å². The van der Waals surface area contributed by atoms with Gasteiger partial charge in [-0.05, 0) is 54.2 Å². The van der Waals surface area contributed by atoms with E-state index in [0.717, 1.165) is 33.4 Å². The third-order valence-electron chi connectivity index (χ3n) is 1.68. The van der Waals surface area contributed by atoms with E-state index in [1.54, 1.807) is 0 Å². The Kier molecular flexibility index (Phi) is 5.66. The summed E-state index contributed by atoms with van der Waals surface area (Å²) >= 11 is 10.1. The number of halogens is 3. The van der Waals surface area contributed by atoms with Gasteiger partial charge >= 0.3 is 0 Å². The fourth-order valence-electron chi connectivity index (χ4n) is 0.892. The summed E-state index contributed by atoms with van der Waals surface area (Å²) in [5.74, 6) is 0. The van der Waals surface area contributed by atoms with Crippen LogP contribution in [0.25, 0.3) is 0 Å². The van der Waals surface area contributed by atoms with Crippen molar-refractivity contribution in [3.63, 3.8) is 0 Å². The molecule has 1 aromatic rings. The summed E-state index contributed by atoms with van der Waals surface area (Å²) < 4.78 is 9.81. The van der Waals surface area contributed by atoms with E-state index in [1.807, 2.05) is 4.57 Å². The first-order valence-corrected chi connectivity index (χ1v) is 6.69. The molecule has 80 valence electrons. The predicted octanol–water partition coefficient (Wildman–Crippen LogP) is 3.94. The van der Waals surface area contributed by atoms with Crippen LogP contribution in [0.15, 0.2) is 13.9 Å². The fraction of sp³-hybridized carbons (Fsp3) is 0.625. The van der Waals surface area contributed by atoms with Crippen molar-refractivity contribution in [1.29, 1.82) is 0 Å². The summed E-state index contributed by atoms with van der Waals surface area (Å²) in [6.45, 7) is 3.44. The summed E-state index contributed by atoms with van der Waals surface area (Å²) in [5, 5.41) is 0. The number of hydrogen-bond acceptors (Lipinski definition) is 2. The number of nitrogens with zero attached hydrogens (tertiary/aromatic N) is 2. The third kappa shape index (κ3) is 3.32. The van der Waals surface area contributed by atoms with E-state index in [-0.39, 0.29) is 0 Å². The Morgan fingerprint density at radius 1 is 1.36 bits per heavy atom. The highest BCUT2D eigenvalue weighted by molar-refractivity contribution is 9.13. The molecule has 0 atom stereocenters. The fourth-order valence-corrected chi connectivity index (χ4v) is 2.57. The molecule has 0 amide bonds. The van der Waals surface area contributed by atoms with Crippen molar-refractivity contribution < 1.29 is 4.74 Å². The zero-order valence-corrected chi connectivity index (χ0v) is 12.5. The molecule has 1 heterocycles. The van der Waals surface area contributed by atoms with Gasteiger partial charge in [0, 0.05) is 6.61 Å². The molecule has 0 radical (unpaired) electrons. The molecule has 0 N–H and O–H groups in total. The normalized spacial score (nSPS) is 10.9. The third-order valence-corrected chi connectivity index (χ3v) is 4.18. The molecular formula is C8H11Br3N2O. The number of ether oxygens (including phenoxy) is 1. The molecule has 1 aromatic heterocycles. The van der Waals surface area contributed by atoms with Gasteiger partial charge in [-0.15, -0.1) is 0 Å². The molecule has 0 unspecified atom stereocenters. The zero-order chi connectivity index (χ0) is 10.6. The van der Waals surface area contributed by atoms with Gasteiger partial charge in [0.1, 0.15) is 15.9 Å². The lowest BCUT2D eigenvalue weighted by molar-refractivity contribution is 0.0720. The minimum Gasteiger partial charge on any atom is -0.361 e. The SMILES string of the molecule is CCCCOCn1c(Br)nc(Br)c1Br. The Morgan fingerprint density at radius 2 is 2.07 bits per heavy atom. The number of rotatable bonds is 5. The molecule has 14 heavy (non-hydrogen) atoms. The van der Waals surface area contributed by atoms with E-state index in [9.17, 15) is 0 Å². The highest BCUT2D eigenvalue weighted by Crippen LogP contribution is 2.26. The maximum absolute atomic E-state index is 5.48. The molecule has 1 rings (SSSR count). The Hall–Kier alpha value is 0.610. The topological polar surface area (TPSA) is 27.1 Å². The van der Waals surface area contributed by atoms with E-state index >= 15 is 0 Å². The summed E-state index contributed by atoms with van der Waals surface area (Å²) in [4.78, 5) is 4.18. The van der Waals surface area contributed by atoms with Crippen LogP contribution >= 0.6 is 47.8 Å². The molecule has 3 nitrogen and oxygen atoms in total. The largest absolute Gasteiger partial charge is 0.361 e. The first-order valence-electron chi connectivity index (χ1n) is 4.31. The van der Waals surface area contributed by atoms with Gasteiger partial charge < -0.3 is 4.74 Å². The molecule has 6 heteroatoms. The highest BCUT2D eigenvalue weighted by Gasteiger charge is 2.10. The standard InChI is InChI=1S/C8H11Br3N2O/c1-2-3-4-14-5-13-7(10)6(9)12-8(13)11/h2-5H2,1H3. The minimum absolute atomic E-state index is 0.514. The minimum atomic E-state index is 0.514. The van der Waals surface area contributed by atoms with Crippen molar-refractivity contribution in [1.82, 2.24) is 9.55 Å². The number of imidazole rings is 1. The molecule has 0 fully saturated rings. The van der Waals surface area contributed by atoms with E-state index in [0.29, 0.717) is 6.73 Å². The first-order chi connectivity index (χ1) is 6.66. The van der Waals surface area contributed by atoms with E-state index in [2.05, 4.69) is 59.7 Å². The average Bonchev–Trinajstić information content (AvgIpc) is 2.38. The second kappa shape index (κ2) is 6.25. The number of hydrogen-bond donors (Lipinski definition) is 0. The Labute approximate surface area is 109 Å². The molecular weight excluding hydrogens is 380 g/mol. The van der Waals surface area contributed by atoms with Crippen LogP contribution in [-0.2, 0) is 11.5 Å². The molecule has 0 aliphatic carbocycles. The van der Waals surface area contributed by atoms with Crippen molar-refractivity contribution >= 4 is 47.8 Å². The van der Waals surface area contributed by atoms with Gasteiger partial charge in [-0.25, -0.2) is 4.98 Å². The van der Waals surface area contributed by atoms with Crippen molar-refractivity contribution in [3.8, 4) is 0 Å². The van der Waals surface area contributed by atoms with Crippen LogP contribution < -0.4 is 0 Å². The molecule has 0 aromatic carbocycles. The van der Waals surface area contributed by atoms with Gasteiger partial charge in [0.2, 0.25) is 0 Å². The van der Waals surface area contributed by atoms with E-state index in [4.69, 9.17) is 4.74 Å². The zero-order valence-electron chi connectivity index (χ0n) is 7.76. The van der Waals surface area contributed by atoms with Crippen molar-refractivity contribution in [3.05, 3.63) is 13.9 Å². The van der Waals surface area contributed by atoms with E-state index in [1.165, 1.54) is 0 Å². The molecule has 0 spiro atoms. The Morgan fingerprint density at radius 3 is 2.57 bits per heavy atom. The van der Waals surface area contributed by atoms with Crippen LogP contribution in [0.4, 0.5) is 0 Å². The van der Waals surface area contributed by atoms with Crippen LogP contribution in [0.1, 0.15) is 19.8 Å². The lowest BCUT2D eigenvalue weighted by Crippen LogP contribution is -2.04. The van der Waals surface area contributed by atoms with Crippen molar-refractivity contribution in [2.24, 2.45) is 0 Å². The second-order valence-electron chi connectivity index (χ2n) is 2.78. The highest BCUT2D eigenvalue weighted by atomic mass is 79.9. The second-order valence-corrected chi connectivity index (χ2v) is 4.99. The number of aromatic nitrogens is 2. The Balaban J connectivity index is 2.49. The molecule has 0 bridgehead atoms. The summed E-state index contributed by atoms with van der Waals surface area (Å²) in [5.41, 5.74) is 0. The van der Waals surface area contributed by atoms with E-state index < -0.39 is 0 Å². The number of unbranched alkanes of at least 4 members (excludes halogenated alkanes) is 1. The van der Waals surface area contributed by atoms with Gasteiger partial charge in [-0.2, -0.15) is 0 Å². The maximum atomic E-state index is 5.48. The monoisotopic (exact) mass is 388 g/mol.